The molecule has 0 aromatic carbocycles. The molecular formula is C7H16N2O. The fraction of sp³-hybridized carbons (Fsp3) is 1.00. The molecule has 0 spiro atoms. The number of rotatable bonds is 0. The molecule has 1 heterocycles. The van der Waals surface area contributed by atoms with E-state index in [2.05, 4.69) is 5.32 Å². The van der Waals surface area contributed by atoms with E-state index in [0.29, 0.717) is 0 Å². The van der Waals surface area contributed by atoms with Crippen LogP contribution in [0.25, 0.3) is 0 Å². The Morgan fingerprint density at radius 2 is 2.20 bits per heavy atom. The molecule has 3 nitrogen and oxygen atoms in total. The van der Waals surface area contributed by atoms with Gasteiger partial charge in [0, 0.05) is 12.6 Å². The standard InChI is InChI=1S/C7H16N2O/c8-6-5-9-4-2-1-3-7(6)10/h6-7,9-10H,1-5,8H2/t6-,7+/m1/s1. The lowest BCUT2D eigenvalue weighted by molar-refractivity contribution is 0.125. The third-order valence-electron chi connectivity index (χ3n) is 1.98. The summed E-state index contributed by atoms with van der Waals surface area (Å²) in [4.78, 5) is 0. The molecular weight excluding hydrogens is 128 g/mol. The molecule has 1 saturated heterocycles. The minimum absolute atomic E-state index is 0.0692. The number of aliphatic hydroxyl groups is 1. The van der Waals surface area contributed by atoms with Crippen molar-refractivity contribution in [3.8, 4) is 0 Å². The van der Waals surface area contributed by atoms with Gasteiger partial charge in [0.15, 0.2) is 0 Å². The molecule has 0 saturated carbocycles. The first-order valence-electron chi connectivity index (χ1n) is 3.95. The molecule has 4 N–H and O–H groups in total. The zero-order valence-electron chi connectivity index (χ0n) is 6.21. The lowest BCUT2D eigenvalue weighted by Crippen LogP contribution is -2.44. The zero-order valence-corrected chi connectivity index (χ0v) is 6.21. The van der Waals surface area contributed by atoms with Gasteiger partial charge in [0.05, 0.1) is 6.10 Å². The minimum atomic E-state index is -0.298. The molecule has 0 radical (unpaired) electrons. The molecule has 10 heavy (non-hydrogen) atoms. The fourth-order valence-corrected chi connectivity index (χ4v) is 1.22. The Labute approximate surface area is 61.6 Å². The molecule has 3 heteroatoms. The summed E-state index contributed by atoms with van der Waals surface area (Å²) >= 11 is 0. The SMILES string of the molecule is N[C@@H]1CNCCCC[C@@H]1O. The van der Waals surface area contributed by atoms with Crippen molar-refractivity contribution in [3.63, 3.8) is 0 Å². The maximum atomic E-state index is 9.32. The molecule has 0 amide bonds. The van der Waals surface area contributed by atoms with Crippen molar-refractivity contribution in [1.29, 1.82) is 0 Å². The van der Waals surface area contributed by atoms with E-state index in [0.717, 1.165) is 32.4 Å². The summed E-state index contributed by atoms with van der Waals surface area (Å²) in [6, 6.07) is -0.0692. The van der Waals surface area contributed by atoms with Crippen LogP contribution in [0.1, 0.15) is 19.3 Å². The first kappa shape index (κ1) is 7.98. The van der Waals surface area contributed by atoms with Crippen LogP contribution < -0.4 is 11.1 Å². The highest BCUT2D eigenvalue weighted by Gasteiger charge is 2.15. The molecule has 60 valence electrons. The summed E-state index contributed by atoms with van der Waals surface area (Å²) < 4.78 is 0. The second-order valence-electron chi connectivity index (χ2n) is 2.93. The van der Waals surface area contributed by atoms with Crippen molar-refractivity contribution in [1.82, 2.24) is 5.32 Å². The summed E-state index contributed by atoms with van der Waals surface area (Å²) in [5.74, 6) is 0. The topological polar surface area (TPSA) is 58.3 Å². The van der Waals surface area contributed by atoms with Gasteiger partial charge in [-0.25, -0.2) is 0 Å². The van der Waals surface area contributed by atoms with Gasteiger partial charge in [-0.2, -0.15) is 0 Å². The highest BCUT2D eigenvalue weighted by Crippen LogP contribution is 2.05. The highest BCUT2D eigenvalue weighted by molar-refractivity contribution is 4.76. The Bertz CT molecular complexity index is 85.6. The zero-order chi connectivity index (χ0) is 7.40. The molecule has 0 bridgehead atoms. The number of aliphatic hydroxyl groups excluding tert-OH is 1. The summed E-state index contributed by atoms with van der Waals surface area (Å²) in [7, 11) is 0. The van der Waals surface area contributed by atoms with E-state index in [4.69, 9.17) is 5.73 Å². The molecule has 1 aliphatic heterocycles. The van der Waals surface area contributed by atoms with Crippen LogP contribution >= 0.6 is 0 Å². The van der Waals surface area contributed by atoms with Crippen LogP contribution in [-0.4, -0.2) is 30.3 Å². The predicted octanol–water partition coefficient (Wildman–Crippen LogP) is -0.552. The Morgan fingerprint density at radius 1 is 1.40 bits per heavy atom. The molecule has 1 aliphatic rings. The lowest BCUT2D eigenvalue weighted by atomic mass is 10.0. The summed E-state index contributed by atoms with van der Waals surface area (Å²) in [6.07, 6.45) is 2.81. The third-order valence-corrected chi connectivity index (χ3v) is 1.98. The van der Waals surface area contributed by atoms with E-state index in [9.17, 15) is 5.11 Å². The highest BCUT2D eigenvalue weighted by atomic mass is 16.3. The number of hydrogen-bond acceptors (Lipinski definition) is 3. The van der Waals surface area contributed by atoms with Crippen molar-refractivity contribution >= 4 is 0 Å². The van der Waals surface area contributed by atoms with Crippen LogP contribution in [0.2, 0.25) is 0 Å². The normalized spacial score (nSPS) is 36.6. The van der Waals surface area contributed by atoms with Gasteiger partial charge in [0.2, 0.25) is 0 Å². The van der Waals surface area contributed by atoms with Crippen molar-refractivity contribution < 1.29 is 5.11 Å². The van der Waals surface area contributed by atoms with Gasteiger partial charge >= 0.3 is 0 Å². The van der Waals surface area contributed by atoms with Crippen molar-refractivity contribution in [3.05, 3.63) is 0 Å². The Balaban J connectivity index is 2.28. The van der Waals surface area contributed by atoms with Gasteiger partial charge in [-0.3, -0.25) is 0 Å². The number of hydrogen-bond donors (Lipinski definition) is 3. The predicted molar refractivity (Wildman–Crippen MR) is 40.7 cm³/mol. The van der Waals surface area contributed by atoms with Crippen LogP contribution in [-0.2, 0) is 0 Å². The van der Waals surface area contributed by atoms with Crippen LogP contribution in [0, 0.1) is 0 Å². The van der Waals surface area contributed by atoms with Gasteiger partial charge in [-0.1, -0.05) is 0 Å². The summed E-state index contributed by atoms with van der Waals surface area (Å²) in [6.45, 7) is 1.79. The monoisotopic (exact) mass is 144 g/mol. The maximum Gasteiger partial charge on any atom is 0.0703 e. The van der Waals surface area contributed by atoms with Crippen molar-refractivity contribution in [2.75, 3.05) is 13.1 Å². The van der Waals surface area contributed by atoms with Gasteiger partial charge in [-0.15, -0.1) is 0 Å². The fourth-order valence-electron chi connectivity index (χ4n) is 1.22. The smallest absolute Gasteiger partial charge is 0.0703 e. The third kappa shape index (κ3) is 2.25. The molecule has 0 aromatic rings. The Kier molecular flexibility index (Phi) is 3.12. The van der Waals surface area contributed by atoms with Crippen LogP contribution in [0.15, 0.2) is 0 Å². The van der Waals surface area contributed by atoms with E-state index < -0.39 is 0 Å². The Morgan fingerprint density at radius 3 is 3.00 bits per heavy atom. The second kappa shape index (κ2) is 3.91. The molecule has 0 aliphatic carbocycles. The van der Waals surface area contributed by atoms with Crippen LogP contribution in [0.5, 0.6) is 0 Å². The van der Waals surface area contributed by atoms with Gasteiger partial charge < -0.3 is 16.2 Å². The van der Waals surface area contributed by atoms with E-state index in [1.165, 1.54) is 0 Å². The maximum absolute atomic E-state index is 9.32. The molecule has 1 rings (SSSR count). The van der Waals surface area contributed by atoms with Gasteiger partial charge in [0.1, 0.15) is 0 Å². The number of nitrogens with one attached hydrogen (secondary N) is 1. The largest absolute Gasteiger partial charge is 0.391 e. The average Bonchev–Trinajstić information content (AvgIpc) is 1.92. The van der Waals surface area contributed by atoms with Gasteiger partial charge in [-0.05, 0) is 25.8 Å². The first-order valence-corrected chi connectivity index (χ1v) is 3.95. The average molecular weight is 144 g/mol. The van der Waals surface area contributed by atoms with Crippen LogP contribution in [0.4, 0.5) is 0 Å². The van der Waals surface area contributed by atoms with E-state index >= 15 is 0 Å². The molecule has 1 fully saturated rings. The quantitative estimate of drug-likeness (QED) is 0.427. The van der Waals surface area contributed by atoms with E-state index in [-0.39, 0.29) is 12.1 Å². The minimum Gasteiger partial charge on any atom is -0.391 e. The second-order valence-corrected chi connectivity index (χ2v) is 2.93. The molecule has 2 atom stereocenters. The van der Waals surface area contributed by atoms with Crippen LogP contribution in [0.3, 0.4) is 0 Å². The summed E-state index contributed by atoms with van der Waals surface area (Å²) in [5.41, 5.74) is 5.64. The Hall–Kier alpha value is -0.120. The lowest BCUT2D eigenvalue weighted by Gasteiger charge is -2.21. The number of nitrogens with two attached hydrogens (primary N) is 1. The van der Waals surface area contributed by atoms with Crippen molar-refractivity contribution in [2.24, 2.45) is 5.73 Å². The molecule has 0 aromatic heterocycles. The summed E-state index contributed by atoms with van der Waals surface area (Å²) in [5, 5.41) is 12.5. The molecule has 0 unspecified atom stereocenters. The first-order chi connectivity index (χ1) is 4.80. The van der Waals surface area contributed by atoms with E-state index in [1.807, 2.05) is 0 Å². The van der Waals surface area contributed by atoms with E-state index in [1.54, 1.807) is 0 Å². The van der Waals surface area contributed by atoms with Gasteiger partial charge in [0.25, 0.3) is 0 Å². The van der Waals surface area contributed by atoms with Crippen molar-refractivity contribution in [2.45, 2.75) is 31.4 Å².